The van der Waals surface area contributed by atoms with E-state index >= 15 is 0 Å². The number of imidazole rings is 1. The number of nitrogens with zero attached hydrogens (tertiary/aromatic N) is 2. The standard InChI is InChI=1S/C7H9N5/c1-2-11-12-6(1)3-9-7-4-8-5-10-7/h1-2,4-5,9H,3H2,(H,8,10)(H,11,12). The fourth-order valence-corrected chi connectivity index (χ4v) is 0.926. The van der Waals surface area contributed by atoms with Gasteiger partial charge in [0.25, 0.3) is 0 Å². The van der Waals surface area contributed by atoms with Gasteiger partial charge in [0.1, 0.15) is 5.82 Å². The highest BCUT2D eigenvalue weighted by molar-refractivity contribution is 5.30. The maximum atomic E-state index is 3.88. The first-order valence-electron chi connectivity index (χ1n) is 3.65. The van der Waals surface area contributed by atoms with Crippen LogP contribution >= 0.6 is 0 Å². The highest BCUT2D eigenvalue weighted by atomic mass is 15.1. The summed E-state index contributed by atoms with van der Waals surface area (Å²) in [4.78, 5) is 6.82. The number of rotatable bonds is 3. The van der Waals surface area contributed by atoms with E-state index in [1.165, 1.54) is 0 Å². The first-order valence-corrected chi connectivity index (χ1v) is 3.65. The normalized spacial score (nSPS) is 10.0. The van der Waals surface area contributed by atoms with Gasteiger partial charge in [0.2, 0.25) is 0 Å². The van der Waals surface area contributed by atoms with E-state index in [4.69, 9.17) is 0 Å². The smallest absolute Gasteiger partial charge is 0.123 e. The minimum atomic E-state index is 0.724. The third-order valence-corrected chi connectivity index (χ3v) is 1.53. The van der Waals surface area contributed by atoms with Crippen molar-refractivity contribution in [2.45, 2.75) is 6.54 Å². The molecule has 2 aromatic heterocycles. The second-order valence-corrected chi connectivity index (χ2v) is 2.40. The maximum Gasteiger partial charge on any atom is 0.123 e. The summed E-state index contributed by atoms with van der Waals surface area (Å²) in [5.41, 5.74) is 1.05. The zero-order valence-corrected chi connectivity index (χ0v) is 6.41. The predicted octanol–water partition coefficient (Wildman–Crippen LogP) is 0.745. The van der Waals surface area contributed by atoms with Crippen LogP contribution in [0.4, 0.5) is 5.82 Å². The molecule has 0 fully saturated rings. The van der Waals surface area contributed by atoms with Crippen LogP contribution in [0.1, 0.15) is 5.69 Å². The summed E-state index contributed by atoms with van der Waals surface area (Å²) >= 11 is 0. The molecule has 0 amide bonds. The van der Waals surface area contributed by atoms with Crippen LogP contribution in [-0.4, -0.2) is 20.2 Å². The van der Waals surface area contributed by atoms with E-state index in [0.717, 1.165) is 18.1 Å². The van der Waals surface area contributed by atoms with Crippen molar-refractivity contribution in [2.75, 3.05) is 5.32 Å². The van der Waals surface area contributed by atoms with Gasteiger partial charge in [0.05, 0.1) is 24.8 Å². The zero-order valence-electron chi connectivity index (χ0n) is 6.41. The van der Waals surface area contributed by atoms with Crippen LogP contribution in [0.15, 0.2) is 24.8 Å². The average molecular weight is 163 g/mol. The largest absolute Gasteiger partial charge is 0.365 e. The van der Waals surface area contributed by atoms with E-state index in [0.29, 0.717) is 0 Å². The van der Waals surface area contributed by atoms with Gasteiger partial charge in [-0.25, -0.2) is 4.98 Å². The summed E-state index contributed by atoms with van der Waals surface area (Å²) in [5, 5.41) is 9.82. The zero-order chi connectivity index (χ0) is 8.23. The molecule has 2 rings (SSSR count). The summed E-state index contributed by atoms with van der Waals surface area (Å²) in [7, 11) is 0. The average Bonchev–Trinajstić information content (AvgIpc) is 2.74. The summed E-state index contributed by atoms with van der Waals surface area (Å²) in [6.07, 6.45) is 5.09. The Bertz CT molecular complexity index is 275. The molecule has 62 valence electrons. The fraction of sp³-hybridized carbons (Fsp3) is 0.143. The van der Waals surface area contributed by atoms with Crippen molar-refractivity contribution in [3.8, 4) is 0 Å². The third kappa shape index (κ3) is 1.45. The van der Waals surface area contributed by atoms with Crippen LogP contribution in [0.25, 0.3) is 0 Å². The molecule has 2 aromatic rings. The number of nitrogens with one attached hydrogen (secondary N) is 3. The summed E-state index contributed by atoms with van der Waals surface area (Å²) in [5.74, 6) is 0.907. The van der Waals surface area contributed by atoms with Gasteiger partial charge < -0.3 is 10.3 Å². The SMILES string of the molecule is c1cc(CNc2cnc[nH]2)[nH]n1. The van der Waals surface area contributed by atoms with Crippen LogP contribution in [0.2, 0.25) is 0 Å². The van der Waals surface area contributed by atoms with E-state index in [-0.39, 0.29) is 0 Å². The highest BCUT2D eigenvalue weighted by Crippen LogP contribution is 2.00. The molecule has 0 unspecified atom stereocenters. The van der Waals surface area contributed by atoms with Crippen molar-refractivity contribution < 1.29 is 0 Å². The molecule has 0 radical (unpaired) electrons. The fourth-order valence-electron chi connectivity index (χ4n) is 0.926. The second-order valence-electron chi connectivity index (χ2n) is 2.40. The van der Waals surface area contributed by atoms with Crippen molar-refractivity contribution in [3.63, 3.8) is 0 Å². The van der Waals surface area contributed by atoms with E-state index in [1.807, 2.05) is 6.07 Å². The van der Waals surface area contributed by atoms with Gasteiger partial charge >= 0.3 is 0 Å². The number of H-pyrrole nitrogens is 2. The summed E-state index contributed by atoms with van der Waals surface area (Å²) in [6, 6.07) is 1.92. The molecule has 0 aliphatic heterocycles. The minimum Gasteiger partial charge on any atom is -0.365 e. The van der Waals surface area contributed by atoms with Crippen LogP contribution in [0.5, 0.6) is 0 Å². The van der Waals surface area contributed by atoms with Gasteiger partial charge in [-0.3, -0.25) is 5.10 Å². The van der Waals surface area contributed by atoms with Crippen molar-refractivity contribution in [3.05, 3.63) is 30.5 Å². The Kier molecular flexibility index (Phi) is 1.77. The molecule has 3 N–H and O–H groups in total. The Morgan fingerprint density at radius 2 is 2.50 bits per heavy atom. The Balaban J connectivity index is 1.91. The molecule has 0 bridgehead atoms. The lowest BCUT2D eigenvalue weighted by atomic mass is 10.4. The van der Waals surface area contributed by atoms with Gasteiger partial charge in [0, 0.05) is 6.20 Å². The van der Waals surface area contributed by atoms with Crippen LogP contribution in [-0.2, 0) is 6.54 Å². The molecule has 5 heteroatoms. The highest BCUT2D eigenvalue weighted by Gasteiger charge is 1.93. The van der Waals surface area contributed by atoms with E-state index in [1.54, 1.807) is 18.7 Å². The Morgan fingerprint density at radius 3 is 3.17 bits per heavy atom. The van der Waals surface area contributed by atoms with E-state index in [2.05, 4.69) is 25.5 Å². The summed E-state index contributed by atoms with van der Waals surface area (Å²) in [6.45, 7) is 0.724. The van der Waals surface area contributed by atoms with Gasteiger partial charge in [0.15, 0.2) is 0 Å². The molecule has 2 heterocycles. The van der Waals surface area contributed by atoms with Gasteiger partial charge in [-0.1, -0.05) is 0 Å². The van der Waals surface area contributed by atoms with E-state index in [9.17, 15) is 0 Å². The molecule has 0 saturated heterocycles. The van der Waals surface area contributed by atoms with Gasteiger partial charge in [-0.2, -0.15) is 5.10 Å². The van der Waals surface area contributed by atoms with Crippen molar-refractivity contribution in [1.29, 1.82) is 0 Å². The lowest BCUT2D eigenvalue weighted by Gasteiger charge is -1.98. The molecule has 0 spiro atoms. The van der Waals surface area contributed by atoms with Crippen molar-refractivity contribution >= 4 is 5.82 Å². The monoisotopic (exact) mass is 163 g/mol. The van der Waals surface area contributed by atoms with Gasteiger partial charge in [-0.15, -0.1) is 0 Å². The number of hydrogen-bond donors (Lipinski definition) is 3. The lowest BCUT2D eigenvalue weighted by molar-refractivity contribution is 0.977. The first-order chi connectivity index (χ1) is 5.95. The third-order valence-electron chi connectivity index (χ3n) is 1.53. The molecule has 0 aliphatic carbocycles. The van der Waals surface area contributed by atoms with Crippen LogP contribution < -0.4 is 5.32 Å². The molecular weight excluding hydrogens is 154 g/mol. The number of aromatic nitrogens is 4. The molecule has 0 saturated carbocycles. The molecule has 5 nitrogen and oxygen atoms in total. The van der Waals surface area contributed by atoms with E-state index < -0.39 is 0 Å². The molecule has 0 atom stereocenters. The quantitative estimate of drug-likeness (QED) is 0.625. The number of anilines is 1. The Hall–Kier alpha value is -1.78. The Morgan fingerprint density at radius 1 is 1.50 bits per heavy atom. The maximum absolute atomic E-state index is 3.88. The number of hydrogen-bond acceptors (Lipinski definition) is 3. The van der Waals surface area contributed by atoms with Crippen molar-refractivity contribution in [2.24, 2.45) is 0 Å². The van der Waals surface area contributed by atoms with Gasteiger partial charge in [-0.05, 0) is 6.07 Å². The molecule has 0 aromatic carbocycles. The van der Waals surface area contributed by atoms with Crippen LogP contribution in [0, 0.1) is 0 Å². The molecular formula is C7H9N5. The lowest BCUT2D eigenvalue weighted by Crippen LogP contribution is -1.99. The molecule has 12 heavy (non-hydrogen) atoms. The number of aromatic amines is 2. The predicted molar refractivity (Wildman–Crippen MR) is 44.5 cm³/mol. The topological polar surface area (TPSA) is 69.4 Å². The Labute approximate surface area is 69.2 Å². The molecule has 0 aliphatic rings. The minimum absolute atomic E-state index is 0.724. The summed E-state index contributed by atoms with van der Waals surface area (Å²) < 4.78 is 0. The van der Waals surface area contributed by atoms with Crippen molar-refractivity contribution in [1.82, 2.24) is 20.2 Å². The first kappa shape index (κ1) is 6.90. The second kappa shape index (κ2) is 3.08. The van der Waals surface area contributed by atoms with Crippen LogP contribution in [0.3, 0.4) is 0 Å².